The maximum Gasteiger partial charge on any atom is 0.118 e. The SMILES string of the molecule is COc1ccc(C2CCNCN2)cc1. The molecular weight excluding hydrogens is 176 g/mol. The molecule has 1 unspecified atom stereocenters. The maximum atomic E-state index is 5.12. The van der Waals surface area contributed by atoms with Crippen LogP contribution in [0.3, 0.4) is 0 Å². The molecule has 3 nitrogen and oxygen atoms in total. The lowest BCUT2D eigenvalue weighted by Gasteiger charge is -2.24. The molecule has 0 saturated carbocycles. The molecule has 2 rings (SSSR count). The number of nitrogens with one attached hydrogen (secondary N) is 2. The molecule has 0 amide bonds. The monoisotopic (exact) mass is 192 g/mol. The number of methoxy groups -OCH3 is 1. The van der Waals surface area contributed by atoms with Gasteiger partial charge in [-0.2, -0.15) is 0 Å². The largest absolute Gasteiger partial charge is 0.497 e. The van der Waals surface area contributed by atoms with E-state index in [0.29, 0.717) is 6.04 Å². The van der Waals surface area contributed by atoms with Crippen LogP contribution in [0.5, 0.6) is 5.75 Å². The molecule has 3 heteroatoms. The third-order valence-electron chi connectivity index (χ3n) is 2.60. The maximum absolute atomic E-state index is 5.12. The van der Waals surface area contributed by atoms with Gasteiger partial charge in [0.2, 0.25) is 0 Å². The van der Waals surface area contributed by atoms with Crippen LogP contribution in [0.4, 0.5) is 0 Å². The second kappa shape index (κ2) is 4.44. The van der Waals surface area contributed by atoms with Gasteiger partial charge in [-0.25, -0.2) is 0 Å². The summed E-state index contributed by atoms with van der Waals surface area (Å²) in [5.74, 6) is 0.919. The van der Waals surface area contributed by atoms with Crippen molar-refractivity contribution in [2.45, 2.75) is 12.5 Å². The van der Waals surface area contributed by atoms with Crippen molar-refractivity contribution < 1.29 is 4.74 Å². The quantitative estimate of drug-likeness (QED) is 0.740. The fourth-order valence-electron chi connectivity index (χ4n) is 1.75. The number of hydrogen-bond acceptors (Lipinski definition) is 3. The normalized spacial score (nSPS) is 21.9. The Hall–Kier alpha value is -1.06. The number of benzene rings is 1. The van der Waals surface area contributed by atoms with E-state index < -0.39 is 0 Å². The van der Waals surface area contributed by atoms with E-state index in [2.05, 4.69) is 22.8 Å². The van der Waals surface area contributed by atoms with Gasteiger partial charge in [-0.15, -0.1) is 0 Å². The minimum absolute atomic E-state index is 0.488. The summed E-state index contributed by atoms with van der Waals surface area (Å²) < 4.78 is 5.12. The molecular formula is C11H16N2O. The van der Waals surface area contributed by atoms with Crippen molar-refractivity contribution in [3.63, 3.8) is 0 Å². The molecule has 1 aromatic rings. The van der Waals surface area contributed by atoms with Crippen molar-refractivity contribution in [2.75, 3.05) is 20.3 Å². The first-order valence-corrected chi connectivity index (χ1v) is 4.98. The minimum Gasteiger partial charge on any atom is -0.497 e. The van der Waals surface area contributed by atoms with Crippen LogP contribution < -0.4 is 15.4 Å². The van der Waals surface area contributed by atoms with Gasteiger partial charge < -0.3 is 10.1 Å². The molecule has 0 radical (unpaired) electrons. The molecule has 1 aliphatic heterocycles. The van der Waals surface area contributed by atoms with E-state index in [1.807, 2.05) is 12.1 Å². The molecule has 1 aromatic carbocycles. The molecule has 2 N–H and O–H groups in total. The van der Waals surface area contributed by atoms with Crippen molar-refractivity contribution in [1.29, 1.82) is 0 Å². The van der Waals surface area contributed by atoms with Gasteiger partial charge in [-0.3, -0.25) is 5.32 Å². The van der Waals surface area contributed by atoms with Gasteiger partial charge in [0, 0.05) is 12.7 Å². The summed E-state index contributed by atoms with van der Waals surface area (Å²) >= 11 is 0. The Balaban J connectivity index is 2.07. The van der Waals surface area contributed by atoms with Gasteiger partial charge in [0.15, 0.2) is 0 Å². The smallest absolute Gasteiger partial charge is 0.118 e. The highest BCUT2D eigenvalue weighted by atomic mass is 16.5. The third kappa shape index (κ3) is 2.05. The molecule has 1 atom stereocenters. The summed E-state index contributed by atoms with van der Waals surface area (Å²) in [6.45, 7) is 1.99. The fourth-order valence-corrected chi connectivity index (χ4v) is 1.75. The molecule has 1 aliphatic rings. The summed E-state index contributed by atoms with van der Waals surface area (Å²) in [4.78, 5) is 0. The average Bonchev–Trinajstić information content (AvgIpc) is 2.30. The van der Waals surface area contributed by atoms with Crippen LogP contribution in [0.1, 0.15) is 18.0 Å². The predicted octanol–water partition coefficient (Wildman–Crippen LogP) is 1.28. The lowest BCUT2D eigenvalue weighted by Crippen LogP contribution is -2.39. The van der Waals surface area contributed by atoms with Crippen LogP contribution in [-0.4, -0.2) is 20.3 Å². The van der Waals surface area contributed by atoms with Gasteiger partial charge in [-0.1, -0.05) is 12.1 Å². The first-order valence-electron chi connectivity index (χ1n) is 4.98. The van der Waals surface area contributed by atoms with E-state index >= 15 is 0 Å². The van der Waals surface area contributed by atoms with Crippen LogP contribution in [0.15, 0.2) is 24.3 Å². The third-order valence-corrected chi connectivity index (χ3v) is 2.60. The van der Waals surface area contributed by atoms with Crippen molar-refractivity contribution in [3.05, 3.63) is 29.8 Å². The van der Waals surface area contributed by atoms with Crippen LogP contribution >= 0.6 is 0 Å². The van der Waals surface area contributed by atoms with Gasteiger partial charge in [0.25, 0.3) is 0 Å². The highest BCUT2D eigenvalue weighted by Gasteiger charge is 2.13. The van der Waals surface area contributed by atoms with Gasteiger partial charge in [0.1, 0.15) is 5.75 Å². The van der Waals surface area contributed by atoms with Gasteiger partial charge in [-0.05, 0) is 30.7 Å². The average molecular weight is 192 g/mol. The zero-order valence-corrected chi connectivity index (χ0v) is 8.42. The molecule has 0 spiro atoms. The standard InChI is InChI=1S/C11H16N2O/c1-14-10-4-2-9(3-5-10)11-6-7-12-8-13-11/h2-5,11-13H,6-8H2,1H3. The molecule has 1 heterocycles. The summed E-state index contributed by atoms with van der Waals surface area (Å²) in [5, 5.41) is 6.69. The highest BCUT2D eigenvalue weighted by Crippen LogP contribution is 2.20. The molecule has 0 aliphatic carbocycles. The predicted molar refractivity (Wildman–Crippen MR) is 56.4 cm³/mol. The van der Waals surface area contributed by atoms with Crippen molar-refractivity contribution in [1.82, 2.24) is 10.6 Å². The molecule has 1 saturated heterocycles. The number of ether oxygens (including phenoxy) is 1. The minimum atomic E-state index is 0.488. The van der Waals surface area contributed by atoms with Crippen molar-refractivity contribution in [3.8, 4) is 5.75 Å². The zero-order valence-electron chi connectivity index (χ0n) is 8.42. The van der Waals surface area contributed by atoms with Crippen LogP contribution in [0.25, 0.3) is 0 Å². The topological polar surface area (TPSA) is 33.3 Å². The van der Waals surface area contributed by atoms with E-state index in [1.165, 1.54) is 5.56 Å². The molecule has 0 aromatic heterocycles. The number of rotatable bonds is 2. The van der Waals surface area contributed by atoms with Gasteiger partial charge in [0.05, 0.1) is 7.11 Å². The van der Waals surface area contributed by atoms with E-state index in [9.17, 15) is 0 Å². The van der Waals surface area contributed by atoms with E-state index in [-0.39, 0.29) is 0 Å². The summed E-state index contributed by atoms with van der Waals surface area (Å²) in [6.07, 6.45) is 1.15. The summed E-state index contributed by atoms with van der Waals surface area (Å²) in [6, 6.07) is 8.77. The molecule has 14 heavy (non-hydrogen) atoms. The molecule has 0 bridgehead atoms. The Morgan fingerprint density at radius 2 is 2.07 bits per heavy atom. The number of hydrogen-bond donors (Lipinski definition) is 2. The van der Waals surface area contributed by atoms with E-state index in [0.717, 1.165) is 25.4 Å². The first-order chi connectivity index (χ1) is 6.90. The van der Waals surface area contributed by atoms with Crippen LogP contribution in [0, 0.1) is 0 Å². The Kier molecular flexibility index (Phi) is 3.01. The second-order valence-electron chi connectivity index (χ2n) is 3.50. The summed E-state index contributed by atoms with van der Waals surface area (Å²) in [7, 11) is 1.69. The Morgan fingerprint density at radius 1 is 1.29 bits per heavy atom. The lowest BCUT2D eigenvalue weighted by atomic mass is 10.0. The molecule has 1 fully saturated rings. The zero-order chi connectivity index (χ0) is 9.80. The Labute approximate surface area is 84.5 Å². The van der Waals surface area contributed by atoms with E-state index in [4.69, 9.17) is 4.74 Å². The fraction of sp³-hybridized carbons (Fsp3) is 0.455. The Morgan fingerprint density at radius 3 is 2.64 bits per heavy atom. The lowest BCUT2D eigenvalue weighted by molar-refractivity contribution is 0.396. The summed E-state index contributed by atoms with van der Waals surface area (Å²) in [5.41, 5.74) is 1.34. The van der Waals surface area contributed by atoms with Gasteiger partial charge >= 0.3 is 0 Å². The van der Waals surface area contributed by atoms with Crippen LogP contribution in [0.2, 0.25) is 0 Å². The van der Waals surface area contributed by atoms with Crippen molar-refractivity contribution >= 4 is 0 Å². The Bertz CT molecular complexity index is 278. The van der Waals surface area contributed by atoms with E-state index in [1.54, 1.807) is 7.11 Å². The molecule has 76 valence electrons. The van der Waals surface area contributed by atoms with Crippen LogP contribution in [-0.2, 0) is 0 Å². The second-order valence-corrected chi connectivity index (χ2v) is 3.50. The van der Waals surface area contributed by atoms with Crippen molar-refractivity contribution in [2.24, 2.45) is 0 Å². The first kappa shape index (κ1) is 9.49. The highest BCUT2D eigenvalue weighted by molar-refractivity contribution is 5.29.